The van der Waals surface area contributed by atoms with Gasteiger partial charge in [0, 0.05) is 66.7 Å². The molecule has 3 fully saturated rings. The van der Waals surface area contributed by atoms with Crippen LogP contribution >= 0.6 is 11.3 Å². The molecular formula is C48H51F2N9O5S. The smallest absolute Gasteiger partial charge is 0.255 e. The number of imide groups is 1. The lowest BCUT2D eigenvalue weighted by atomic mass is 9.88. The highest BCUT2D eigenvalue weighted by Gasteiger charge is 2.42. The Bertz CT molecular complexity index is 2610. The number of thiazole rings is 1. The molecule has 0 bridgehead atoms. The number of carbonyl (C=O) groups excluding carboxylic acids is 4. The molecule has 0 radical (unpaired) electrons. The number of β-amino-alcohol motifs (C(OH)–C–C–N with tert-alkyl or cyclic N) is 1. The van der Waals surface area contributed by atoms with Gasteiger partial charge in [-0.3, -0.25) is 39.6 Å². The standard InChI is InChI=1S/C48H51F2N9O5S/c49-37-23-32(22-35-36(37)25-59(47(35)64)44(46(63)55-48-51-15-21-65-48)43-40-2-1-16-58(40)27-52-43)29-5-3-28(4-6-29)30-13-19-57(20-14-30)42(61)26-56-17-11-31(12-18-56)34-8-7-33(24-38(34)50)53-39-9-10-41(60)54-45(39)62/h3-8,15,21-24,27,30-31,39,42,44,53,61H,1-2,9-14,16-20,25-26H2,(H,51,55,63)(H,54,60,62)/t39-,42?,44?/m0/s1. The average Bonchev–Trinajstić information content (AvgIpc) is 4.13. The fraction of sp³-hybridized carbons (Fsp3) is 0.417. The summed E-state index contributed by atoms with van der Waals surface area (Å²) >= 11 is 1.28. The van der Waals surface area contributed by atoms with Gasteiger partial charge in [-0.05, 0) is 116 Å². The van der Waals surface area contributed by atoms with Gasteiger partial charge in [-0.15, -0.1) is 11.3 Å². The van der Waals surface area contributed by atoms with E-state index in [1.165, 1.54) is 33.9 Å². The van der Waals surface area contributed by atoms with Gasteiger partial charge < -0.3 is 19.9 Å². The van der Waals surface area contributed by atoms with E-state index in [0.717, 1.165) is 82.5 Å². The first-order chi connectivity index (χ1) is 31.6. The van der Waals surface area contributed by atoms with Gasteiger partial charge in [0.15, 0.2) is 11.2 Å². The molecule has 2 unspecified atom stereocenters. The second-order valence-corrected chi connectivity index (χ2v) is 18.8. The number of piperidine rings is 3. The second-order valence-electron chi connectivity index (χ2n) is 17.9. The van der Waals surface area contributed by atoms with E-state index >= 15 is 8.78 Å². The minimum absolute atomic E-state index is 0.0556. The van der Waals surface area contributed by atoms with Gasteiger partial charge in [0.05, 0.1) is 18.6 Å². The number of nitrogens with one attached hydrogen (secondary N) is 3. The highest BCUT2D eigenvalue weighted by Crippen LogP contribution is 2.39. The number of benzene rings is 3. The van der Waals surface area contributed by atoms with Crippen molar-refractivity contribution in [2.75, 3.05) is 43.4 Å². The Morgan fingerprint density at radius 3 is 2.40 bits per heavy atom. The summed E-state index contributed by atoms with van der Waals surface area (Å²) in [5, 5.41) is 21.7. The zero-order valence-electron chi connectivity index (χ0n) is 35.8. The van der Waals surface area contributed by atoms with Gasteiger partial charge in [0.2, 0.25) is 11.8 Å². The van der Waals surface area contributed by atoms with E-state index in [1.54, 1.807) is 36.1 Å². The number of hydrogen-bond acceptors (Lipinski definition) is 11. The summed E-state index contributed by atoms with van der Waals surface area (Å²) in [5.41, 5.74) is 5.62. The maximum Gasteiger partial charge on any atom is 0.255 e. The second kappa shape index (κ2) is 18.2. The van der Waals surface area contributed by atoms with Gasteiger partial charge in [-0.1, -0.05) is 30.3 Å². The highest BCUT2D eigenvalue weighted by atomic mass is 32.1. The predicted molar refractivity (Wildman–Crippen MR) is 240 cm³/mol. The maximum absolute atomic E-state index is 16.0. The van der Waals surface area contributed by atoms with E-state index in [0.29, 0.717) is 46.5 Å². The van der Waals surface area contributed by atoms with Crippen molar-refractivity contribution in [1.29, 1.82) is 0 Å². The summed E-state index contributed by atoms with van der Waals surface area (Å²) in [6.45, 7) is 4.24. The fourth-order valence-electron chi connectivity index (χ4n) is 10.4. The lowest BCUT2D eigenvalue weighted by Gasteiger charge is -2.39. The van der Waals surface area contributed by atoms with Crippen molar-refractivity contribution in [3.8, 4) is 11.1 Å². The third kappa shape index (κ3) is 8.81. The number of rotatable bonds is 12. The summed E-state index contributed by atoms with van der Waals surface area (Å²) in [4.78, 5) is 66.2. The quantitative estimate of drug-likeness (QED) is 0.107. The Balaban J connectivity index is 0.724. The van der Waals surface area contributed by atoms with Gasteiger partial charge in [-0.25, -0.2) is 18.7 Å². The summed E-state index contributed by atoms with van der Waals surface area (Å²) in [5.74, 6) is -2.00. The molecule has 3 saturated heterocycles. The molecule has 5 aliphatic heterocycles. The van der Waals surface area contributed by atoms with Crippen LogP contribution < -0.4 is 16.0 Å². The number of halogens is 2. The molecule has 5 aliphatic rings. The van der Waals surface area contributed by atoms with Crippen molar-refractivity contribution in [3.63, 3.8) is 0 Å². The van der Waals surface area contributed by atoms with Crippen LogP contribution in [0.2, 0.25) is 0 Å². The average molecular weight is 904 g/mol. The van der Waals surface area contributed by atoms with Crippen molar-refractivity contribution in [3.05, 3.63) is 118 Å². The van der Waals surface area contributed by atoms with Crippen molar-refractivity contribution in [1.82, 2.24) is 34.6 Å². The van der Waals surface area contributed by atoms with Crippen LogP contribution in [0.3, 0.4) is 0 Å². The highest BCUT2D eigenvalue weighted by molar-refractivity contribution is 7.13. The van der Waals surface area contributed by atoms with Gasteiger partial charge in [0.1, 0.15) is 23.9 Å². The lowest BCUT2D eigenvalue weighted by Crippen LogP contribution is -2.48. The van der Waals surface area contributed by atoms with Crippen LogP contribution in [0, 0.1) is 11.6 Å². The Morgan fingerprint density at radius 2 is 1.66 bits per heavy atom. The number of likely N-dealkylation sites (tertiary alicyclic amines) is 2. The Kier molecular flexibility index (Phi) is 12.0. The molecule has 0 aliphatic carbocycles. The van der Waals surface area contributed by atoms with Crippen LogP contribution in [0.5, 0.6) is 0 Å². The summed E-state index contributed by atoms with van der Waals surface area (Å²) in [6.07, 6.45) is 8.26. The van der Waals surface area contributed by atoms with Gasteiger partial charge in [-0.2, -0.15) is 0 Å². The van der Waals surface area contributed by atoms with E-state index in [9.17, 15) is 24.3 Å². The molecule has 65 heavy (non-hydrogen) atoms. The van der Waals surface area contributed by atoms with Crippen LogP contribution in [0.25, 0.3) is 11.1 Å². The number of aliphatic hydroxyl groups is 1. The van der Waals surface area contributed by atoms with E-state index in [2.05, 4.69) is 47.9 Å². The van der Waals surface area contributed by atoms with Crippen molar-refractivity contribution in [2.45, 2.75) is 94.6 Å². The van der Waals surface area contributed by atoms with Crippen LogP contribution in [-0.2, 0) is 33.9 Å². The van der Waals surface area contributed by atoms with Gasteiger partial charge in [0.25, 0.3) is 11.8 Å². The monoisotopic (exact) mass is 903 g/mol. The Morgan fingerprint density at radius 1 is 0.877 bits per heavy atom. The van der Waals surface area contributed by atoms with Crippen LogP contribution in [0.15, 0.2) is 72.5 Å². The van der Waals surface area contributed by atoms with Crippen LogP contribution in [0.4, 0.5) is 19.6 Å². The third-order valence-corrected chi connectivity index (χ3v) is 14.7. The van der Waals surface area contributed by atoms with Crippen molar-refractivity contribution in [2.24, 2.45) is 0 Å². The molecule has 0 spiro atoms. The largest absolute Gasteiger partial charge is 0.377 e. The molecule has 4 N–H and O–H groups in total. The molecule has 3 atom stereocenters. The molecule has 2 aromatic heterocycles. The van der Waals surface area contributed by atoms with Crippen molar-refractivity contribution < 1.29 is 33.1 Å². The Hall–Kier alpha value is -5.88. The molecule has 7 heterocycles. The number of aromatic nitrogens is 3. The number of carbonyl (C=O) groups is 4. The van der Waals surface area contributed by atoms with E-state index < -0.39 is 41.9 Å². The molecular weight excluding hydrogens is 853 g/mol. The maximum atomic E-state index is 16.0. The lowest BCUT2D eigenvalue weighted by molar-refractivity contribution is -0.133. The summed E-state index contributed by atoms with van der Waals surface area (Å²) in [7, 11) is 0. The first-order valence-corrected chi connectivity index (χ1v) is 23.5. The number of aliphatic hydroxyl groups excluding tert-OH is 1. The molecule has 17 heteroatoms. The van der Waals surface area contributed by atoms with Gasteiger partial charge >= 0.3 is 0 Å². The molecule has 5 aromatic rings. The topological polar surface area (TPSA) is 165 Å². The third-order valence-electron chi connectivity index (χ3n) is 14.0. The molecule has 338 valence electrons. The minimum atomic E-state index is -1.05. The Labute approximate surface area is 379 Å². The molecule has 0 saturated carbocycles. The fourth-order valence-corrected chi connectivity index (χ4v) is 10.9. The first kappa shape index (κ1) is 43.0. The number of fused-ring (bicyclic) bond motifs is 2. The summed E-state index contributed by atoms with van der Waals surface area (Å²) in [6, 6.07) is 14.7. The molecule has 3 aromatic carbocycles. The molecule has 14 nitrogen and oxygen atoms in total. The van der Waals surface area contributed by atoms with Crippen molar-refractivity contribution >= 4 is 45.8 Å². The van der Waals surface area contributed by atoms with Crippen LogP contribution in [-0.4, -0.2) is 103 Å². The normalized spacial score (nSPS) is 20.7. The number of amides is 4. The van der Waals surface area contributed by atoms with E-state index in [1.807, 2.05) is 16.7 Å². The van der Waals surface area contributed by atoms with E-state index in [4.69, 9.17) is 0 Å². The number of imidazole rings is 1. The number of hydrogen-bond donors (Lipinski definition) is 4. The summed E-state index contributed by atoms with van der Waals surface area (Å²) < 4.78 is 33.3. The minimum Gasteiger partial charge on any atom is -0.377 e. The van der Waals surface area contributed by atoms with E-state index in [-0.39, 0.29) is 41.7 Å². The number of aryl methyl sites for hydroxylation is 1. The number of anilines is 2. The predicted octanol–water partition coefficient (Wildman–Crippen LogP) is 6.16. The zero-order chi connectivity index (χ0) is 44.8. The molecule has 4 amide bonds. The zero-order valence-corrected chi connectivity index (χ0v) is 36.7. The first-order valence-electron chi connectivity index (χ1n) is 22.6. The number of nitrogens with zero attached hydrogens (tertiary/aromatic N) is 6. The SMILES string of the molecule is O=C1CC[C@H](Nc2ccc(C3CCN(CC(O)N4CCC(c5ccc(-c6cc(F)c7c(c6)C(=O)N(C(C(=O)Nc6nccs6)c6ncn8c6CCC8)C7)cc5)CC4)CC3)c(F)c2)C(=O)N1. The van der Waals surface area contributed by atoms with Crippen LogP contribution in [0.1, 0.15) is 101 Å². The molecule has 10 rings (SSSR count).